The fourth-order valence-corrected chi connectivity index (χ4v) is 2.62. The van der Waals surface area contributed by atoms with Crippen molar-refractivity contribution in [2.45, 2.75) is 12.6 Å². The monoisotopic (exact) mass is 319 g/mol. The quantitative estimate of drug-likeness (QED) is 0.882. The Hall–Kier alpha value is -2.54. The van der Waals surface area contributed by atoms with Crippen LogP contribution in [0.25, 0.3) is 0 Å². The number of carbonyl (C=O) groups is 1. The van der Waals surface area contributed by atoms with Crippen LogP contribution in [0.3, 0.4) is 0 Å². The number of rotatable bonds is 5. The number of hydrogen-bond acceptors (Lipinski definition) is 6. The lowest BCUT2D eigenvalue weighted by molar-refractivity contribution is -0.138. The highest BCUT2D eigenvalue weighted by Crippen LogP contribution is 2.27. The van der Waals surface area contributed by atoms with Crippen LogP contribution in [0.2, 0.25) is 0 Å². The fraction of sp³-hybridized carbons (Fsp3) is 0.200. The molecule has 3 rings (SSSR count). The summed E-state index contributed by atoms with van der Waals surface area (Å²) in [5.41, 5.74) is 1.41. The second-order valence-electron chi connectivity index (χ2n) is 4.70. The zero-order chi connectivity index (χ0) is 15.5. The van der Waals surface area contributed by atoms with Gasteiger partial charge in [-0.25, -0.2) is 9.79 Å². The van der Waals surface area contributed by atoms with Crippen LogP contribution in [0, 0.1) is 0 Å². The molecule has 2 heterocycles. The number of ether oxygens (including phenoxy) is 2. The van der Waals surface area contributed by atoms with Crippen LogP contribution in [0.4, 0.5) is 0 Å². The topological polar surface area (TPSA) is 88.4 Å². The van der Waals surface area contributed by atoms with Crippen LogP contribution in [0.1, 0.15) is 11.1 Å². The van der Waals surface area contributed by atoms with Gasteiger partial charge in [-0.2, -0.15) is 11.3 Å². The summed E-state index contributed by atoms with van der Waals surface area (Å²) in [6, 6.07) is 5.78. The first-order chi connectivity index (χ1) is 10.6. The van der Waals surface area contributed by atoms with E-state index in [0.29, 0.717) is 17.9 Å². The van der Waals surface area contributed by atoms with E-state index in [0.717, 1.165) is 5.56 Å². The lowest BCUT2D eigenvalue weighted by atomic mass is 10.2. The molecule has 1 aliphatic heterocycles. The molecule has 1 aromatic carbocycles. The third-order valence-corrected chi connectivity index (χ3v) is 3.85. The van der Waals surface area contributed by atoms with Gasteiger partial charge in [-0.3, -0.25) is 0 Å². The maximum Gasteiger partial charge on any atom is 0.332 e. The molecule has 1 aliphatic rings. The fourth-order valence-electron chi connectivity index (χ4n) is 1.97. The molecule has 1 aromatic heterocycles. The van der Waals surface area contributed by atoms with Gasteiger partial charge in [0.2, 0.25) is 5.90 Å². The van der Waals surface area contributed by atoms with E-state index in [1.807, 2.05) is 16.8 Å². The SMILES string of the molecule is O=C(O)C1COC(c2ccc(OCc3ccsc3)cc2O)=N1. The standard InChI is InChI=1S/C15H13NO5S/c17-13-5-10(20-6-9-3-4-22-8-9)1-2-11(13)14-16-12(7-21-14)15(18)19/h1-5,8,12,17H,6-7H2,(H,18,19). The molecule has 22 heavy (non-hydrogen) atoms. The first-order valence-electron chi connectivity index (χ1n) is 6.54. The van der Waals surface area contributed by atoms with Gasteiger partial charge in [0, 0.05) is 6.07 Å². The number of carboxylic acids is 1. The van der Waals surface area contributed by atoms with E-state index < -0.39 is 12.0 Å². The third kappa shape index (κ3) is 3.04. The van der Waals surface area contributed by atoms with Gasteiger partial charge in [-0.1, -0.05) is 0 Å². The maximum absolute atomic E-state index is 10.8. The second kappa shape index (κ2) is 6.07. The third-order valence-electron chi connectivity index (χ3n) is 3.12. The largest absolute Gasteiger partial charge is 0.507 e. The first-order valence-corrected chi connectivity index (χ1v) is 7.48. The molecule has 1 unspecified atom stereocenters. The molecule has 114 valence electrons. The molecular formula is C15H13NO5S. The zero-order valence-corrected chi connectivity index (χ0v) is 12.2. The first kappa shape index (κ1) is 14.4. The number of hydrogen-bond donors (Lipinski definition) is 2. The van der Waals surface area contributed by atoms with Gasteiger partial charge in [0.05, 0.1) is 5.56 Å². The van der Waals surface area contributed by atoms with Crippen molar-refractivity contribution in [1.82, 2.24) is 0 Å². The minimum atomic E-state index is -1.05. The van der Waals surface area contributed by atoms with Crippen LogP contribution in [0.15, 0.2) is 40.0 Å². The normalized spacial score (nSPS) is 16.9. The predicted octanol–water partition coefficient (Wildman–Crippen LogP) is 2.26. The van der Waals surface area contributed by atoms with E-state index >= 15 is 0 Å². The van der Waals surface area contributed by atoms with E-state index in [4.69, 9.17) is 14.6 Å². The molecule has 6 nitrogen and oxygen atoms in total. The van der Waals surface area contributed by atoms with Crippen molar-refractivity contribution >= 4 is 23.2 Å². The molecule has 2 aromatic rings. The van der Waals surface area contributed by atoms with Crippen LogP contribution in [-0.2, 0) is 16.1 Å². The Morgan fingerprint density at radius 2 is 2.32 bits per heavy atom. The Morgan fingerprint density at radius 3 is 2.95 bits per heavy atom. The summed E-state index contributed by atoms with van der Waals surface area (Å²) in [6.07, 6.45) is 0. The number of thiophene rings is 1. The number of benzene rings is 1. The highest BCUT2D eigenvalue weighted by Gasteiger charge is 2.27. The Balaban J connectivity index is 1.72. The molecule has 0 spiro atoms. The average Bonchev–Trinajstić information content (AvgIpc) is 3.17. The smallest absolute Gasteiger partial charge is 0.332 e. The molecule has 0 fully saturated rings. The van der Waals surface area contributed by atoms with E-state index in [1.165, 1.54) is 6.07 Å². The lowest BCUT2D eigenvalue weighted by Crippen LogP contribution is -2.18. The Labute approximate surface area is 130 Å². The van der Waals surface area contributed by atoms with Crippen LogP contribution in [-0.4, -0.2) is 34.7 Å². The van der Waals surface area contributed by atoms with Crippen LogP contribution in [0.5, 0.6) is 11.5 Å². The van der Waals surface area contributed by atoms with Crippen molar-refractivity contribution in [2.24, 2.45) is 4.99 Å². The Morgan fingerprint density at radius 1 is 1.45 bits per heavy atom. The minimum Gasteiger partial charge on any atom is -0.507 e. The van der Waals surface area contributed by atoms with Crippen molar-refractivity contribution in [3.8, 4) is 11.5 Å². The van der Waals surface area contributed by atoms with Crippen molar-refractivity contribution < 1.29 is 24.5 Å². The number of carboxylic acid groups (broad SMARTS) is 1. The number of aromatic hydroxyl groups is 1. The van der Waals surface area contributed by atoms with Gasteiger partial charge in [-0.05, 0) is 34.5 Å². The van der Waals surface area contributed by atoms with Gasteiger partial charge < -0.3 is 19.7 Å². The lowest BCUT2D eigenvalue weighted by Gasteiger charge is -2.08. The summed E-state index contributed by atoms with van der Waals surface area (Å²) in [5.74, 6) is -0.465. The number of nitrogens with zero attached hydrogens (tertiary/aromatic N) is 1. The molecular weight excluding hydrogens is 306 g/mol. The van der Waals surface area contributed by atoms with Gasteiger partial charge in [0.15, 0.2) is 6.04 Å². The molecule has 0 bridgehead atoms. The summed E-state index contributed by atoms with van der Waals surface area (Å²) in [7, 11) is 0. The van der Waals surface area contributed by atoms with E-state index in [1.54, 1.807) is 23.5 Å². The van der Waals surface area contributed by atoms with Crippen molar-refractivity contribution in [2.75, 3.05) is 6.61 Å². The van der Waals surface area contributed by atoms with Gasteiger partial charge in [-0.15, -0.1) is 0 Å². The summed E-state index contributed by atoms with van der Waals surface area (Å²) in [4.78, 5) is 14.8. The average molecular weight is 319 g/mol. The molecule has 0 saturated heterocycles. The molecule has 0 saturated carbocycles. The summed E-state index contributed by atoms with van der Waals surface area (Å²) in [5, 5.41) is 22.9. The number of phenolic OH excluding ortho intramolecular Hbond substituents is 1. The highest BCUT2D eigenvalue weighted by molar-refractivity contribution is 7.07. The van der Waals surface area contributed by atoms with Crippen molar-refractivity contribution in [3.63, 3.8) is 0 Å². The number of aliphatic imine (C=N–C) groups is 1. The predicted molar refractivity (Wildman–Crippen MR) is 80.7 cm³/mol. The van der Waals surface area contributed by atoms with Gasteiger partial charge in [0.1, 0.15) is 24.7 Å². The molecule has 0 amide bonds. The number of phenols is 1. The van der Waals surface area contributed by atoms with Gasteiger partial charge in [0.25, 0.3) is 0 Å². The molecule has 2 N–H and O–H groups in total. The van der Waals surface area contributed by atoms with Crippen LogP contribution < -0.4 is 4.74 Å². The summed E-state index contributed by atoms with van der Waals surface area (Å²) in [6.45, 7) is 0.390. The molecule has 0 aliphatic carbocycles. The maximum atomic E-state index is 10.8. The Bertz CT molecular complexity index is 711. The number of aliphatic carboxylic acids is 1. The van der Waals surface area contributed by atoms with Crippen LogP contribution >= 0.6 is 11.3 Å². The van der Waals surface area contributed by atoms with Crippen molar-refractivity contribution in [3.05, 3.63) is 46.2 Å². The van der Waals surface area contributed by atoms with E-state index in [2.05, 4.69) is 4.99 Å². The molecule has 0 radical (unpaired) electrons. The van der Waals surface area contributed by atoms with E-state index in [9.17, 15) is 9.90 Å². The summed E-state index contributed by atoms with van der Waals surface area (Å²) >= 11 is 1.59. The van der Waals surface area contributed by atoms with Gasteiger partial charge >= 0.3 is 5.97 Å². The summed E-state index contributed by atoms with van der Waals surface area (Å²) < 4.78 is 10.8. The molecule has 1 atom stereocenters. The highest BCUT2D eigenvalue weighted by atomic mass is 32.1. The zero-order valence-electron chi connectivity index (χ0n) is 11.4. The van der Waals surface area contributed by atoms with E-state index in [-0.39, 0.29) is 18.3 Å². The Kier molecular flexibility index (Phi) is 3.97. The second-order valence-corrected chi connectivity index (χ2v) is 5.48. The minimum absolute atomic E-state index is 0.0273. The van der Waals surface area contributed by atoms with Crippen molar-refractivity contribution in [1.29, 1.82) is 0 Å². The molecule has 7 heteroatoms.